The van der Waals surface area contributed by atoms with Crippen LogP contribution in [0.15, 0.2) is 54.6 Å². The number of alkyl carbamates (subject to hydrolysis) is 1. The molecule has 3 amide bonds. The van der Waals surface area contributed by atoms with Crippen LogP contribution < -0.4 is 16.0 Å². The number of nitrogens with one attached hydrogen (secondary N) is 3. The van der Waals surface area contributed by atoms with Crippen LogP contribution in [0.4, 0.5) is 4.79 Å². The highest BCUT2D eigenvalue weighted by atomic mass is 16.5. The van der Waals surface area contributed by atoms with Gasteiger partial charge in [0.1, 0.15) is 24.4 Å². The number of rotatable bonds is 15. The number of aldehydes is 1. The molecule has 0 aliphatic carbocycles. The summed E-state index contributed by atoms with van der Waals surface area (Å²) in [5, 5.41) is 17.4. The first-order valence-electron chi connectivity index (χ1n) is 13.3. The molecular formula is C30H39N3O7. The summed E-state index contributed by atoms with van der Waals surface area (Å²) in [5.74, 6) is -1.93. The molecule has 2 rings (SSSR count). The van der Waals surface area contributed by atoms with Gasteiger partial charge >= 0.3 is 6.09 Å². The Labute approximate surface area is 234 Å². The zero-order valence-corrected chi connectivity index (χ0v) is 23.4. The number of Topliss-reactive ketones (excluding diaryl/α,β-unsaturated/α-hetero) is 1. The molecule has 0 radical (unpaired) electrons. The Balaban J connectivity index is 2.12. The highest BCUT2D eigenvalue weighted by Gasteiger charge is 2.30. The Hall–Kier alpha value is -4.21. The third-order valence-electron chi connectivity index (χ3n) is 6.02. The number of hydrogen-bond acceptors (Lipinski definition) is 7. The van der Waals surface area contributed by atoms with Gasteiger partial charge in [-0.05, 0) is 47.9 Å². The molecule has 0 saturated carbocycles. The lowest BCUT2D eigenvalue weighted by Crippen LogP contribution is -2.56. The van der Waals surface area contributed by atoms with E-state index in [1.807, 2.05) is 58.0 Å². The smallest absolute Gasteiger partial charge is 0.408 e. The molecule has 2 aromatic carbocycles. The first-order chi connectivity index (χ1) is 19.0. The van der Waals surface area contributed by atoms with Gasteiger partial charge in [-0.25, -0.2) is 4.79 Å². The number of phenolic OH excluding ortho intramolecular Hbond substituents is 1. The quantitative estimate of drug-likeness (QED) is 0.195. The average Bonchev–Trinajstić information content (AvgIpc) is 2.91. The van der Waals surface area contributed by atoms with Crippen LogP contribution in [0.5, 0.6) is 5.75 Å². The maximum absolute atomic E-state index is 13.3. The predicted molar refractivity (Wildman–Crippen MR) is 149 cm³/mol. The molecule has 3 atom stereocenters. The Morgan fingerprint density at radius 3 is 1.80 bits per heavy atom. The van der Waals surface area contributed by atoms with Gasteiger partial charge < -0.3 is 25.8 Å². The van der Waals surface area contributed by atoms with Gasteiger partial charge in [-0.2, -0.15) is 0 Å². The summed E-state index contributed by atoms with van der Waals surface area (Å²) in [7, 11) is 0. The van der Waals surface area contributed by atoms with Crippen LogP contribution in [0.3, 0.4) is 0 Å². The van der Waals surface area contributed by atoms with Crippen molar-refractivity contribution in [1.29, 1.82) is 0 Å². The second-order valence-electron chi connectivity index (χ2n) is 10.5. The molecule has 0 saturated heterocycles. The van der Waals surface area contributed by atoms with Gasteiger partial charge in [0, 0.05) is 6.42 Å². The number of aromatic hydroxyl groups is 1. The van der Waals surface area contributed by atoms with Crippen LogP contribution in [0.2, 0.25) is 0 Å². The molecule has 0 bridgehead atoms. The SMILES string of the molecule is CC(C)C[C@H](NC(=O)OCc1ccccc1)C(=O)N[C@@H](CC(C)C)C(=O)N[C@@H](Cc1ccc(O)cc1)C(=O)C=O. The maximum Gasteiger partial charge on any atom is 0.408 e. The first kappa shape index (κ1) is 32.0. The van der Waals surface area contributed by atoms with Crippen molar-refractivity contribution in [3.63, 3.8) is 0 Å². The fraction of sp³-hybridized carbons (Fsp3) is 0.433. The minimum absolute atomic E-state index is 0.000664. The standard InChI is InChI=1S/C30H39N3O7/c1-19(2)14-25(28(37)31-24(27(36)17-34)16-21-10-12-23(35)13-11-21)32-29(38)26(15-20(3)4)33-30(39)40-18-22-8-6-5-7-9-22/h5-13,17,19-20,24-26,35H,14-16,18H2,1-4H3,(H,31,37)(H,32,38)(H,33,39)/t24-,25-,26-/m0/s1. The van der Waals surface area contributed by atoms with Gasteiger partial charge in [0.15, 0.2) is 6.29 Å². The summed E-state index contributed by atoms with van der Waals surface area (Å²) < 4.78 is 5.27. The van der Waals surface area contributed by atoms with Gasteiger partial charge in [-0.3, -0.25) is 19.2 Å². The second kappa shape index (κ2) is 16.0. The molecule has 0 aromatic heterocycles. The topological polar surface area (TPSA) is 151 Å². The number of ether oxygens (including phenoxy) is 1. The van der Waals surface area contributed by atoms with E-state index in [0.717, 1.165) is 5.56 Å². The largest absolute Gasteiger partial charge is 0.508 e. The van der Waals surface area contributed by atoms with Crippen molar-refractivity contribution in [3.05, 3.63) is 65.7 Å². The predicted octanol–water partition coefficient (Wildman–Crippen LogP) is 3.06. The summed E-state index contributed by atoms with van der Waals surface area (Å²) in [6, 6.07) is 12.0. The van der Waals surface area contributed by atoms with E-state index in [1.54, 1.807) is 12.1 Å². The Bertz CT molecular complexity index is 1130. The van der Waals surface area contributed by atoms with Crippen LogP contribution in [-0.2, 0) is 36.9 Å². The van der Waals surface area contributed by atoms with E-state index in [4.69, 9.17) is 4.74 Å². The van der Waals surface area contributed by atoms with E-state index in [2.05, 4.69) is 16.0 Å². The lowest BCUT2D eigenvalue weighted by molar-refractivity contribution is -0.135. The molecule has 10 heteroatoms. The number of ketones is 1. The molecule has 40 heavy (non-hydrogen) atoms. The summed E-state index contributed by atoms with van der Waals surface area (Å²) in [5.41, 5.74) is 1.42. The molecule has 0 fully saturated rings. The molecule has 0 spiro atoms. The first-order valence-corrected chi connectivity index (χ1v) is 13.3. The molecule has 0 aliphatic heterocycles. The highest BCUT2D eigenvalue weighted by molar-refractivity contribution is 6.28. The number of hydrogen-bond donors (Lipinski definition) is 4. The van der Waals surface area contributed by atoms with E-state index < -0.39 is 41.8 Å². The van der Waals surface area contributed by atoms with Gasteiger partial charge in [-0.15, -0.1) is 0 Å². The van der Waals surface area contributed by atoms with Crippen LogP contribution in [-0.4, -0.2) is 53.2 Å². The van der Waals surface area contributed by atoms with Crippen LogP contribution in [0, 0.1) is 11.8 Å². The second-order valence-corrected chi connectivity index (χ2v) is 10.5. The number of carbonyl (C=O) groups is 5. The molecule has 0 heterocycles. The summed E-state index contributed by atoms with van der Waals surface area (Å²) >= 11 is 0. The third-order valence-corrected chi connectivity index (χ3v) is 6.02. The van der Waals surface area contributed by atoms with Gasteiger partial charge in [0.05, 0.1) is 6.04 Å². The van der Waals surface area contributed by atoms with Crippen LogP contribution >= 0.6 is 0 Å². The Morgan fingerprint density at radius 1 is 0.750 bits per heavy atom. The Kier molecular flexibility index (Phi) is 12.8. The lowest BCUT2D eigenvalue weighted by atomic mass is 9.98. The van der Waals surface area contributed by atoms with Crippen molar-refractivity contribution in [2.24, 2.45) is 11.8 Å². The average molecular weight is 554 g/mol. The van der Waals surface area contributed by atoms with Gasteiger partial charge in [0.25, 0.3) is 0 Å². The van der Waals surface area contributed by atoms with Crippen molar-refractivity contribution < 1.29 is 33.8 Å². The summed E-state index contributed by atoms with van der Waals surface area (Å²) in [6.07, 6.45) is -0.0388. The zero-order chi connectivity index (χ0) is 29.7. The number of carbonyl (C=O) groups excluding carboxylic acids is 5. The van der Waals surface area contributed by atoms with Crippen molar-refractivity contribution in [2.45, 2.75) is 71.7 Å². The number of amides is 3. The normalized spacial score (nSPS) is 13.2. The summed E-state index contributed by atoms with van der Waals surface area (Å²) in [4.78, 5) is 62.6. The van der Waals surface area contributed by atoms with Crippen LogP contribution in [0.1, 0.15) is 51.7 Å². The monoisotopic (exact) mass is 553 g/mol. The molecule has 0 aliphatic rings. The minimum atomic E-state index is -1.15. The van der Waals surface area contributed by atoms with Crippen molar-refractivity contribution in [1.82, 2.24) is 16.0 Å². The van der Waals surface area contributed by atoms with Crippen molar-refractivity contribution in [3.8, 4) is 5.75 Å². The highest BCUT2D eigenvalue weighted by Crippen LogP contribution is 2.13. The molecule has 0 unspecified atom stereocenters. The lowest BCUT2D eigenvalue weighted by Gasteiger charge is -2.26. The fourth-order valence-electron chi connectivity index (χ4n) is 4.03. The fourth-order valence-corrected chi connectivity index (χ4v) is 4.03. The van der Waals surface area contributed by atoms with E-state index in [0.29, 0.717) is 12.0 Å². The molecular weight excluding hydrogens is 514 g/mol. The van der Waals surface area contributed by atoms with E-state index in [-0.39, 0.29) is 43.3 Å². The Morgan fingerprint density at radius 2 is 1.27 bits per heavy atom. The van der Waals surface area contributed by atoms with E-state index in [1.165, 1.54) is 12.1 Å². The van der Waals surface area contributed by atoms with Gasteiger partial charge in [-0.1, -0.05) is 70.2 Å². The van der Waals surface area contributed by atoms with Crippen molar-refractivity contribution >= 4 is 30.0 Å². The van der Waals surface area contributed by atoms with Crippen molar-refractivity contribution in [2.75, 3.05) is 0 Å². The number of benzene rings is 2. The van der Waals surface area contributed by atoms with Gasteiger partial charge in [0.2, 0.25) is 17.6 Å². The molecule has 10 nitrogen and oxygen atoms in total. The molecule has 4 N–H and O–H groups in total. The minimum Gasteiger partial charge on any atom is -0.508 e. The van der Waals surface area contributed by atoms with E-state index in [9.17, 15) is 29.1 Å². The van der Waals surface area contributed by atoms with Crippen LogP contribution in [0.25, 0.3) is 0 Å². The maximum atomic E-state index is 13.3. The molecule has 2 aromatic rings. The van der Waals surface area contributed by atoms with E-state index >= 15 is 0 Å². The molecule has 216 valence electrons. The number of phenols is 1. The summed E-state index contributed by atoms with van der Waals surface area (Å²) in [6.45, 7) is 7.58. The third kappa shape index (κ3) is 11.3. The zero-order valence-electron chi connectivity index (χ0n) is 23.4.